The molecule has 2 aliphatic heterocycles. The molecule has 2 saturated heterocycles. The molecule has 0 radical (unpaired) electrons. The SMILES string of the molecule is CN1CCC(c2c[nH]c3ccc(OCC(=O)N4CCN(c5ccc([N+](=O)[O-])cc5)CC4)cc23)CC1. The van der Waals surface area contributed by atoms with Crippen LogP contribution in [0.25, 0.3) is 10.9 Å². The molecule has 184 valence electrons. The third kappa shape index (κ3) is 5.09. The van der Waals surface area contributed by atoms with Crippen LogP contribution in [0, 0.1) is 10.1 Å². The largest absolute Gasteiger partial charge is 0.484 e. The van der Waals surface area contributed by atoms with Crippen molar-refractivity contribution in [2.45, 2.75) is 18.8 Å². The van der Waals surface area contributed by atoms with Gasteiger partial charge >= 0.3 is 0 Å². The van der Waals surface area contributed by atoms with Crippen molar-refractivity contribution < 1.29 is 14.5 Å². The van der Waals surface area contributed by atoms with E-state index < -0.39 is 4.92 Å². The minimum Gasteiger partial charge on any atom is -0.484 e. The lowest BCUT2D eigenvalue weighted by Crippen LogP contribution is -2.50. The monoisotopic (exact) mass is 477 g/mol. The lowest BCUT2D eigenvalue weighted by atomic mass is 9.89. The number of amides is 1. The zero-order valence-corrected chi connectivity index (χ0v) is 20.0. The molecule has 1 N–H and O–H groups in total. The number of benzene rings is 2. The minimum absolute atomic E-state index is 0.0109. The average Bonchev–Trinajstić information content (AvgIpc) is 3.31. The highest BCUT2D eigenvalue weighted by atomic mass is 16.6. The third-order valence-electron chi connectivity index (χ3n) is 7.26. The summed E-state index contributed by atoms with van der Waals surface area (Å²) in [5.41, 5.74) is 3.45. The number of aromatic amines is 1. The molecule has 9 heteroatoms. The first kappa shape index (κ1) is 23.2. The second kappa shape index (κ2) is 9.95. The molecule has 3 heterocycles. The van der Waals surface area contributed by atoms with E-state index in [2.05, 4.69) is 34.1 Å². The van der Waals surface area contributed by atoms with E-state index in [9.17, 15) is 14.9 Å². The van der Waals surface area contributed by atoms with Gasteiger partial charge in [0.1, 0.15) is 5.75 Å². The van der Waals surface area contributed by atoms with E-state index in [1.807, 2.05) is 17.0 Å². The highest BCUT2D eigenvalue weighted by Crippen LogP contribution is 2.34. The summed E-state index contributed by atoms with van der Waals surface area (Å²) in [7, 11) is 2.17. The normalized spacial score (nSPS) is 17.6. The first-order chi connectivity index (χ1) is 17.0. The molecule has 35 heavy (non-hydrogen) atoms. The van der Waals surface area contributed by atoms with E-state index in [-0.39, 0.29) is 18.2 Å². The van der Waals surface area contributed by atoms with Gasteiger partial charge in [0, 0.05) is 61.1 Å². The number of nitro benzene ring substituents is 1. The van der Waals surface area contributed by atoms with E-state index in [1.165, 1.54) is 23.1 Å². The molecule has 0 aliphatic carbocycles. The van der Waals surface area contributed by atoms with Gasteiger partial charge in [0.15, 0.2) is 6.61 Å². The number of non-ortho nitro benzene ring substituents is 1. The number of H-pyrrole nitrogens is 1. The van der Waals surface area contributed by atoms with Crippen LogP contribution < -0.4 is 9.64 Å². The number of likely N-dealkylation sites (tertiary alicyclic amines) is 1. The molecular weight excluding hydrogens is 446 g/mol. The van der Waals surface area contributed by atoms with E-state index >= 15 is 0 Å². The molecule has 1 aromatic heterocycles. The molecule has 2 aromatic carbocycles. The van der Waals surface area contributed by atoms with Gasteiger partial charge < -0.3 is 24.4 Å². The Labute approximate surface area is 204 Å². The molecule has 0 saturated carbocycles. The second-order valence-electron chi connectivity index (χ2n) is 9.46. The molecule has 2 fully saturated rings. The molecule has 0 bridgehead atoms. The van der Waals surface area contributed by atoms with E-state index in [0.717, 1.165) is 37.1 Å². The van der Waals surface area contributed by atoms with Crippen molar-refractivity contribution in [3.05, 3.63) is 64.3 Å². The number of ether oxygens (including phenoxy) is 1. The van der Waals surface area contributed by atoms with Crippen LogP contribution in [0.1, 0.15) is 24.3 Å². The van der Waals surface area contributed by atoms with E-state index in [4.69, 9.17) is 4.74 Å². The lowest BCUT2D eigenvalue weighted by molar-refractivity contribution is -0.384. The van der Waals surface area contributed by atoms with Gasteiger partial charge in [0.25, 0.3) is 11.6 Å². The molecular formula is C26H31N5O4. The summed E-state index contributed by atoms with van der Waals surface area (Å²) in [6.07, 6.45) is 4.43. The van der Waals surface area contributed by atoms with Crippen LogP contribution in [-0.4, -0.2) is 78.5 Å². The molecule has 0 unspecified atom stereocenters. The number of nitro groups is 1. The molecule has 0 atom stereocenters. The number of rotatable bonds is 6. The van der Waals surface area contributed by atoms with Crippen molar-refractivity contribution in [1.82, 2.24) is 14.8 Å². The standard InChI is InChI=1S/C26H31N5O4/c1-28-10-8-19(9-11-28)24-17-27-25-7-6-22(16-23(24)25)35-18-26(32)30-14-12-29(13-15-30)20-2-4-21(5-3-20)31(33)34/h2-7,16-17,19,27H,8-15,18H2,1H3. The van der Waals surface area contributed by atoms with Gasteiger partial charge in [0.2, 0.25) is 0 Å². The number of aromatic nitrogens is 1. The van der Waals surface area contributed by atoms with Crippen LogP contribution in [0.3, 0.4) is 0 Å². The number of piperidine rings is 1. The van der Waals surface area contributed by atoms with Crippen molar-refractivity contribution in [1.29, 1.82) is 0 Å². The lowest BCUT2D eigenvalue weighted by Gasteiger charge is -2.36. The number of carbonyl (C=O) groups is 1. The van der Waals surface area contributed by atoms with Crippen molar-refractivity contribution in [2.75, 3.05) is 57.8 Å². The van der Waals surface area contributed by atoms with Gasteiger partial charge in [-0.3, -0.25) is 14.9 Å². The summed E-state index contributed by atoms with van der Waals surface area (Å²) in [5, 5.41) is 12.0. The Balaban J connectivity index is 1.16. The third-order valence-corrected chi connectivity index (χ3v) is 7.26. The van der Waals surface area contributed by atoms with Gasteiger partial charge in [0.05, 0.1) is 4.92 Å². The Morgan fingerprint density at radius 1 is 1.06 bits per heavy atom. The Kier molecular flexibility index (Phi) is 6.59. The molecule has 5 rings (SSSR count). The zero-order valence-electron chi connectivity index (χ0n) is 20.0. The second-order valence-corrected chi connectivity index (χ2v) is 9.46. The van der Waals surface area contributed by atoms with Crippen LogP contribution in [0.5, 0.6) is 5.75 Å². The number of nitrogens with zero attached hydrogens (tertiary/aromatic N) is 4. The predicted octanol–water partition coefficient (Wildman–Crippen LogP) is 3.61. The Morgan fingerprint density at radius 3 is 2.46 bits per heavy atom. The number of nitrogens with one attached hydrogen (secondary N) is 1. The highest BCUT2D eigenvalue weighted by molar-refractivity contribution is 5.85. The predicted molar refractivity (Wildman–Crippen MR) is 135 cm³/mol. The number of hydrogen-bond acceptors (Lipinski definition) is 6. The van der Waals surface area contributed by atoms with Gasteiger partial charge in [-0.05, 0) is 74.8 Å². The van der Waals surface area contributed by atoms with E-state index in [1.54, 1.807) is 12.1 Å². The summed E-state index contributed by atoms with van der Waals surface area (Å²) in [5.74, 6) is 1.23. The molecule has 3 aromatic rings. The zero-order chi connectivity index (χ0) is 24.4. The number of piperazine rings is 1. The fourth-order valence-electron chi connectivity index (χ4n) is 5.10. The topological polar surface area (TPSA) is 95.0 Å². The summed E-state index contributed by atoms with van der Waals surface area (Å²) >= 11 is 0. The van der Waals surface area contributed by atoms with Gasteiger partial charge in [-0.1, -0.05) is 0 Å². The first-order valence-electron chi connectivity index (χ1n) is 12.2. The average molecular weight is 478 g/mol. The number of fused-ring (bicyclic) bond motifs is 1. The molecule has 1 amide bonds. The fourth-order valence-corrected chi connectivity index (χ4v) is 5.10. The molecule has 0 spiro atoms. The fraction of sp³-hybridized carbons (Fsp3) is 0.423. The van der Waals surface area contributed by atoms with Crippen molar-refractivity contribution >= 4 is 28.2 Å². The Morgan fingerprint density at radius 2 is 1.77 bits per heavy atom. The Bertz CT molecular complexity index is 1190. The summed E-state index contributed by atoms with van der Waals surface area (Å²) < 4.78 is 5.91. The van der Waals surface area contributed by atoms with Gasteiger partial charge in [-0.15, -0.1) is 0 Å². The van der Waals surface area contributed by atoms with Crippen LogP contribution in [-0.2, 0) is 4.79 Å². The number of anilines is 1. The van der Waals surface area contributed by atoms with Gasteiger partial charge in [-0.2, -0.15) is 0 Å². The van der Waals surface area contributed by atoms with Crippen LogP contribution >= 0.6 is 0 Å². The first-order valence-corrected chi connectivity index (χ1v) is 12.2. The van der Waals surface area contributed by atoms with Crippen LogP contribution in [0.4, 0.5) is 11.4 Å². The summed E-state index contributed by atoms with van der Waals surface area (Å²) in [4.78, 5) is 33.0. The van der Waals surface area contributed by atoms with Crippen LogP contribution in [0.15, 0.2) is 48.7 Å². The quantitative estimate of drug-likeness (QED) is 0.431. The van der Waals surface area contributed by atoms with Crippen molar-refractivity contribution in [2.24, 2.45) is 0 Å². The van der Waals surface area contributed by atoms with Crippen LogP contribution in [0.2, 0.25) is 0 Å². The number of hydrogen-bond donors (Lipinski definition) is 1. The highest BCUT2D eigenvalue weighted by Gasteiger charge is 2.23. The number of carbonyl (C=O) groups excluding carboxylic acids is 1. The maximum atomic E-state index is 12.8. The minimum atomic E-state index is -0.399. The summed E-state index contributed by atoms with van der Waals surface area (Å²) in [6.45, 7) is 4.78. The Hall–Kier alpha value is -3.59. The smallest absolute Gasteiger partial charge is 0.269 e. The van der Waals surface area contributed by atoms with Gasteiger partial charge in [-0.25, -0.2) is 0 Å². The van der Waals surface area contributed by atoms with Crippen molar-refractivity contribution in [3.8, 4) is 5.75 Å². The molecule has 9 nitrogen and oxygen atoms in total. The summed E-state index contributed by atoms with van der Waals surface area (Å²) in [6, 6.07) is 12.5. The maximum Gasteiger partial charge on any atom is 0.269 e. The van der Waals surface area contributed by atoms with E-state index in [0.29, 0.717) is 37.8 Å². The maximum absolute atomic E-state index is 12.8. The van der Waals surface area contributed by atoms with Crippen molar-refractivity contribution in [3.63, 3.8) is 0 Å². The molecule has 2 aliphatic rings.